The maximum atomic E-state index is 12.7. The zero-order chi connectivity index (χ0) is 13.8. The zero-order valence-electron chi connectivity index (χ0n) is 9.59. The molecule has 7 heteroatoms. The van der Waals surface area contributed by atoms with E-state index in [9.17, 15) is 18.3 Å². The van der Waals surface area contributed by atoms with Crippen LogP contribution in [-0.4, -0.2) is 31.5 Å². The van der Waals surface area contributed by atoms with Crippen LogP contribution < -0.4 is 5.32 Å². The molecule has 0 aliphatic rings. The fraction of sp³-hybridized carbons (Fsp3) is 0.455. The lowest BCUT2D eigenvalue weighted by molar-refractivity contribution is -0.137. The average Bonchev–Trinajstić information content (AvgIpc) is 2.26. The Kier molecular flexibility index (Phi) is 5.25. The Morgan fingerprint density at radius 3 is 2.67 bits per heavy atom. The summed E-state index contributed by atoms with van der Waals surface area (Å²) in [4.78, 5) is 0. The maximum Gasteiger partial charge on any atom is 0.418 e. The highest BCUT2D eigenvalue weighted by molar-refractivity contribution is 6.30. The van der Waals surface area contributed by atoms with Crippen LogP contribution in [0, 0.1) is 0 Å². The van der Waals surface area contributed by atoms with Gasteiger partial charge in [0.15, 0.2) is 0 Å². The Hall–Kier alpha value is -0.980. The van der Waals surface area contributed by atoms with Crippen molar-refractivity contribution in [3.05, 3.63) is 28.8 Å². The number of aliphatic hydroxyl groups excluding tert-OH is 1. The fourth-order valence-corrected chi connectivity index (χ4v) is 1.56. The topological polar surface area (TPSA) is 41.5 Å². The largest absolute Gasteiger partial charge is 0.418 e. The summed E-state index contributed by atoms with van der Waals surface area (Å²) < 4.78 is 42.8. The first-order chi connectivity index (χ1) is 8.34. The number of alkyl halides is 3. The van der Waals surface area contributed by atoms with Gasteiger partial charge in [-0.1, -0.05) is 11.6 Å². The van der Waals surface area contributed by atoms with Crippen molar-refractivity contribution in [1.29, 1.82) is 0 Å². The predicted molar refractivity (Wildman–Crippen MR) is 62.8 cm³/mol. The molecule has 0 radical (unpaired) electrons. The van der Waals surface area contributed by atoms with Gasteiger partial charge in [0.1, 0.15) is 0 Å². The Morgan fingerprint density at radius 2 is 2.11 bits per heavy atom. The third-order valence-electron chi connectivity index (χ3n) is 2.17. The normalized spacial score (nSPS) is 13.4. The van der Waals surface area contributed by atoms with E-state index in [2.05, 4.69) is 10.1 Å². The summed E-state index contributed by atoms with van der Waals surface area (Å²) in [6, 6.07) is 3.42. The molecule has 0 saturated carbocycles. The summed E-state index contributed by atoms with van der Waals surface area (Å²) in [6.45, 7) is 0.000489. The Bertz CT molecular complexity index is 398. The van der Waals surface area contributed by atoms with Crippen LogP contribution in [0.25, 0.3) is 0 Å². The van der Waals surface area contributed by atoms with Gasteiger partial charge >= 0.3 is 6.18 Å². The lowest BCUT2D eigenvalue weighted by Crippen LogP contribution is -2.25. The van der Waals surface area contributed by atoms with E-state index in [4.69, 9.17) is 11.6 Å². The van der Waals surface area contributed by atoms with Crippen LogP contribution in [0.1, 0.15) is 5.56 Å². The monoisotopic (exact) mass is 283 g/mol. The van der Waals surface area contributed by atoms with Crippen molar-refractivity contribution < 1.29 is 23.0 Å². The number of anilines is 1. The van der Waals surface area contributed by atoms with E-state index in [1.54, 1.807) is 0 Å². The van der Waals surface area contributed by atoms with Crippen molar-refractivity contribution in [2.24, 2.45) is 0 Å². The summed E-state index contributed by atoms with van der Waals surface area (Å²) in [5.74, 6) is 0. The van der Waals surface area contributed by atoms with Gasteiger partial charge in [0.2, 0.25) is 0 Å². The lowest BCUT2D eigenvalue weighted by atomic mass is 10.1. The minimum absolute atomic E-state index is 0.00492. The number of aliphatic hydroxyl groups is 1. The molecule has 1 unspecified atom stereocenters. The second-order valence-electron chi connectivity index (χ2n) is 3.68. The van der Waals surface area contributed by atoms with Crippen molar-refractivity contribution in [3.8, 4) is 0 Å². The molecule has 0 aliphatic carbocycles. The molecule has 1 aromatic rings. The van der Waals surface area contributed by atoms with E-state index in [-0.39, 0.29) is 23.9 Å². The van der Waals surface area contributed by atoms with Gasteiger partial charge in [0.25, 0.3) is 0 Å². The fourth-order valence-electron chi connectivity index (χ4n) is 1.38. The molecule has 0 spiro atoms. The molecular formula is C11H13ClF3NO2. The van der Waals surface area contributed by atoms with E-state index in [0.29, 0.717) is 0 Å². The molecule has 3 nitrogen and oxygen atoms in total. The van der Waals surface area contributed by atoms with Gasteiger partial charge in [-0.25, -0.2) is 0 Å². The Labute approximate surface area is 108 Å². The molecule has 0 aromatic heterocycles. The van der Waals surface area contributed by atoms with Crippen LogP contribution >= 0.6 is 11.6 Å². The van der Waals surface area contributed by atoms with Crippen molar-refractivity contribution >= 4 is 17.3 Å². The number of rotatable bonds is 5. The maximum absolute atomic E-state index is 12.7. The van der Waals surface area contributed by atoms with Gasteiger partial charge < -0.3 is 15.2 Å². The van der Waals surface area contributed by atoms with E-state index < -0.39 is 17.8 Å². The van der Waals surface area contributed by atoms with Crippen LogP contribution in [0.15, 0.2) is 18.2 Å². The van der Waals surface area contributed by atoms with Gasteiger partial charge in [-0.05, 0) is 18.2 Å². The molecule has 0 amide bonds. The van der Waals surface area contributed by atoms with Gasteiger partial charge in [0, 0.05) is 24.4 Å². The molecule has 0 saturated heterocycles. The van der Waals surface area contributed by atoms with E-state index in [0.717, 1.165) is 6.07 Å². The van der Waals surface area contributed by atoms with Crippen LogP contribution in [0.5, 0.6) is 0 Å². The third kappa shape index (κ3) is 4.36. The van der Waals surface area contributed by atoms with Crippen molar-refractivity contribution in [2.45, 2.75) is 12.3 Å². The van der Waals surface area contributed by atoms with Crippen molar-refractivity contribution in [1.82, 2.24) is 0 Å². The van der Waals surface area contributed by atoms with Crippen LogP contribution in [0.3, 0.4) is 0 Å². The van der Waals surface area contributed by atoms with E-state index in [1.165, 1.54) is 19.2 Å². The van der Waals surface area contributed by atoms with Crippen LogP contribution in [0.2, 0.25) is 5.02 Å². The van der Waals surface area contributed by atoms with Crippen molar-refractivity contribution in [2.75, 3.05) is 25.6 Å². The SMILES string of the molecule is COCC(O)CNc1ccc(Cl)cc1C(F)(F)F. The predicted octanol–water partition coefficient (Wildman–Crippen LogP) is 2.78. The minimum atomic E-state index is -4.50. The van der Waals surface area contributed by atoms with Gasteiger partial charge in [0.05, 0.1) is 18.3 Å². The number of ether oxygens (including phenoxy) is 1. The summed E-state index contributed by atoms with van der Waals surface area (Å²) >= 11 is 5.54. The van der Waals surface area contributed by atoms with Crippen LogP contribution in [-0.2, 0) is 10.9 Å². The molecular weight excluding hydrogens is 271 g/mol. The summed E-state index contributed by atoms with van der Waals surface area (Å²) in [7, 11) is 1.40. The van der Waals surface area contributed by atoms with Crippen molar-refractivity contribution in [3.63, 3.8) is 0 Å². The van der Waals surface area contributed by atoms with E-state index >= 15 is 0 Å². The number of methoxy groups -OCH3 is 1. The molecule has 0 heterocycles. The highest BCUT2D eigenvalue weighted by atomic mass is 35.5. The third-order valence-corrected chi connectivity index (χ3v) is 2.41. The number of benzene rings is 1. The van der Waals surface area contributed by atoms with Gasteiger partial charge in [-0.2, -0.15) is 13.2 Å². The average molecular weight is 284 g/mol. The number of hydrogen-bond donors (Lipinski definition) is 2. The first-order valence-electron chi connectivity index (χ1n) is 5.12. The first-order valence-corrected chi connectivity index (χ1v) is 5.50. The molecule has 0 bridgehead atoms. The van der Waals surface area contributed by atoms with Gasteiger partial charge in [-0.3, -0.25) is 0 Å². The van der Waals surface area contributed by atoms with Gasteiger partial charge in [-0.15, -0.1) is 0 Å². The summed E-state index contributed by atoms with van der Waals surface area (Å²) in [6.07, 6.45) is -5.38. The van der Waals surface area contributed by atoms with Crippen LogP contribution in [0.4, 0.5) is 18.9 Å². The highest BCUT2D eigenvalue weighted by Crippen LogP contribution is 2.36. The molecule has 0 fully saturated rings. The first kappa shape index (κ1) is 15.1. The Balaban J connectivity index is 2.82. The molecule has 2 N–H and O–H groups in total. The summed E-state index contributed by atoms with van der Waals surface area (Å²) in [5, 5.41) is 11.9. The molecule has 1 atom stereocenters. The Morgan fingerprint density at radius 1 is 1.44 bits per heavy atom. The second-order valence-corrected chi connectivity index (χ2v) is 4.11. The zero-order valence-corrected chi connectivity index (χ0v) is 10.3. The summed E-state index contributed by atoms with van der Waals surface area (Å²) in [5.41, 5.74) is -0.985. The number of nitrogens with one attached hydrogen (secondary N) is 1. The molecule has 18 heavy (non-hydrogen) atoms. The lowest BCUT2D eigenvalue weighted by Gasteiger charge is -2.17. The number of halogens is 4. The highest BCUT2D eigenvalue weighted by Gasteiger charge is 2.33. The number of hydrogen-bond acceptors (Lipinski definition) is 3. The molecule has 0 aliphatic heterocycles. The molecule has 102 valence electrons. The quantitative estimate of drug-likeness (QED) is 0.873. The smallest absolute Gasteiger partial charge is 0.389 e. The molecule has 1 aromatic carbocycles. The standard InChI is InChI=1S/C11H13ClF3NO2/c1-18-6-8(17)5-16-10-3-2-7(12)4-9(10)11(13,14)15/h2-4,8,16-17H,5-6H2,1H3. The second kappa shape index (κ2) is 6.26. The van der Waals surface area contributed by atoms with E-state index in [1.807, 2.05) is 0 Å². The molecule has 1 rings (SSSR count). The minimum Gasteiger partial charge on any atom is -0.389 e.